The maximum atomic E-state index is 11.3. The van der Waals surface area contributed by atoms with Gasteiger partial charge < -0.3 is 20.0 Å². The lowest BCUT2D eigenvalue weighted by Gasteiger charge is -2.10. The lowest BCUT2D eigenvalue weighted by Crippen LogP contribution is -2.37. The molecule has 6 heteroatoms. The smallest absolute Gasteiger partial charge is 0.408 e. The standard InChI is InChI=1S/C12H13NO5/c14-7-10(6-11(15)16)13-12(17)18-8-9-4-2-1-3-5-9/h1-5,7,10H,6,8H2,(H,13,17)(H,15,16)/t10-/m0/s1. The number of carbonyl (C=O) groups is 3. The molecule has 0 aliphatic heterocycles. The van der Waals surface area contributed by atoms with Gasteiger partial charge in [-0.1, -0.05) is 30.3 Å². The molecule has 0 aliphatic carbocycles. The molecule has 1 aromatic rings. The number of aldehydes is 1. The van der Waals surface area contributed by atoms with Crippen molar-refractivity contribution in [3.8, 4) is 0 Å². The predicted octanol–water partition coefficient (Wildman–Crippen LogP) is 0.955. The van der Waals surface area contributed by atoms with Crippen LogP contribution in [0.15, 0.2) is 30.3 Å². The Hall–Kier alpha value is -2.37. The molecule has 0 radical (unpaired) electrons. The molecule has 1 atom stereocenters. The fraction of sp³-hybridized carbons (Fsp3) is 0.250. The number of carbonyl (C=O) groups excluding carboxylic acids is 2. The van der Waals surface area contributed by atoms with Crippen molar-refractivity contribution < 1.29 is 24.2 Å². The fourth-order valence-electron chi connectivity index (χ4n) is 1.24. The Balaban J connectivity index is 2.37. The monoisotopic (exact) mass is 251 g/mol. The third kappa shape index (κ3) is 5.11. The molecule has 0 heterocycles. The zero-order valence-corrected chi connectivity index (χ0v) is 9.54. The van der Waals surface area contributed by atoms with Crippen molar-refractivity contribution >= 4 is 18.3 Å². The molecule has 96 valence electrons. The first-order chi connectivity index (χ1) is 8.61. The molecule has 18 heavy (non-hydrogen) atoms. The third-order valence-corrected chi connectivity index (χ3v) is 2.07. The van der Waals surface area contributed by atoms with E-state index in [1.807, 2.05) is 6.07 Å². The molecule has 0 aromatic heterocycles. The molecule has 6 nitrogen and oxygen atoms in total. The van der Waals surface area contributed by atoms with Crippen molar-refractivity contribution in [2.75, 3.05) is 0 Å². The van der Waals surface area contributed by atoms with Gasteiger partial charge in [0.05, 0.1) is 12.5 Å². The molecule has 0 spiro atoms. The Morgan fingerprint density at radius 1 is 1.33 bits per heavy atom. The fourth-order valence-corrected chi connectivity index (χ4v) is 1.24. The lowest BCUT2D eigenvalue weighted by molar-refractivity contribution is -0.138. The van der Waals surface area contributed by atoms with E-state index in [1.54, 1.807) is 24.3 Å². The summed E-state index contributed by atoms with van der Waals surface area (Å²) >= 11 is 0. The zero-order valence-electron chi connectivity index (χ0n) is 9.54. The summed E-state index contributed by atoms with van der Waals surface area (Å²) in [4.78, 5) is 32.2. The SMILES string of the molecule is O=C[C@H](CC(=O)O)NC(=O)OCc1ccccc1. The van der Waals surface area contributed by atoms with E-state index >= 15 is 0 Å². The van der Waals surface area contributed by atoms with Crippen LogP contribution in [0.25, 0.3) is 0 Å². The maximum absolute atomic E-state index is 11.3. The van der Waals surface area contributed by atoms with E-state index in [9.17, 15) is 14.4 Å². The van der Waals surface area contributed by atoms with Gasteiger partial charge in [0.2, 0.25) is 0 Å². The summed E-state index contributed by atoms with van der Waals surface area (Å²) in [5.74, 6) is -1.17. The molecule has 0 saturated heterocycles. The maximum Gasteiger partial charge on any atom is 0.408 e. The van der Waals surface area contributed by atoms with E-state index in [2.05, 4.69) is 5.32 Å². The van der Waals surface area contributed by atoms with E-state index < -0.39 is 24.5 Å². The number of amides is 1. The molecule has 1 amide bonds. The van der Waals surface area contributed by atoms with Crippen LogP contribution in [-0.2, 0) is 20.9 Å². The number of benzene rings is 1. The van der Waals surface area contributed by atoms with Crippen molar-refractivity contribution in [2.24, 2.45) is 0 Å². The van der Waals surface area contributed by atoms with Gasteiger partial charge >= 0.3 is 12.1 Å². The molecule has 1 rings (SSSR count). The molecular weight excluding hydrogens is 238 g/mol. The minimum absolute atomic E-state index is 0.0608. The normalized spacial score (nSPS) is 11.3. The predicted molar refractivity (Wildman–Crippen MR) is 61.9 cm³/mol. The van der Waals surface area contributed by atoms with Crippen molar-refractivity contribution in [3.63, 3.8) is 0 Å². The highest BCUT2D eigenvalue weighted by molar-refractivity contribution is 5.78. The number of ether oxygens (including phenoxy) is 1. The Morgan fingerprint density at radius 3 is 2.56 bits per heavy atom. The van der Waals surface area contributed by atoms with Crippen LogP contribution in [-0.4, -0.2) is 29.5 Å². The van der Waals surface area contributed by atoms with Crippen LogP contribution in [0.5, 0.6) is 0 Å². The van der Waals surface area contributed by atoms with E-state index in [4.69, 9.17) is 9.84 Å². The largest absolute Gasteiger partial charge is 0.481 e. The zero-order chi connectivity index (χ0) is 13.4. The highest BCUT2D eigenvalue weighted by Gasteiger charge is 2.15. The summed E-state index contributed by atoms with van der Waals surface area (Å²) in [7, 11) is 0. The van der Waals surface area contributed by atoms with E-state index in [0.717, 1.165) is 5.56 Å². The first-order valence-electron chi connectivity index (χ1n) is 5.26. The van der Waals surface area contributed by atoms with E-state index in [0.29, 0.717) is 6.29 Å². The minimum atomic E-state index is -1.17. The number of nitrogens with one attached hydrogen (secondary N) is 1. The van der Waals surface area contributed by atoms with Gasteiger partial charge in [0.15, 0.2) is 0 Å². The summed E-state index contributed by atoms with van der Waals surface area (Å²) in [5.41, 5.74) is 0.800. The van der Waals surface area contributed by atoms with Gasteiger partial charge in [0.25, 0.3) is 0 Å². The second kappa shape index (κ2) is 7.05. The highest BCUT2D eigenvalue weighted by Crippen LogP contribution is 2.00. The topological polar surface area (TPSA) is 92.7 Å². The molecule has 0 unspecified atom stereocenters. The van der Waals surface area contributed by atoms with Gasteiger partial charge in [-0.25, -0.2) is 4.79 Å². The molecule has 0 aliphatic rings. The highest BCUT2D eigenvalue weighted by atomic mass is 16.5. The summed E-state index contributed by atoms with van der Waals surface area (Å²) in [5, 5.41) is 10.6. The summed E-state index contributed by atoms with van der Waals surface area (Å²) in [6.07, 6.45) is -0.931. The van der Waals surface area contributed by atoms with Gasteiger partial charge in [-0.05, 0) is 5.56 Å². The molecule has 0 fully saturated rings. The number of hydrogen-bond donors (Lipinski definition) is 2. The van der Waals surface area contributed by atoms with Crippen molar-refractivity contribution in [3.05, 3.63) is 35.9 Å². The van der Waals surface area contributed by atoms with Crippen molar-refractivity contribution in [2.45, 2.75) is 19.1 Å². The van der Waals surface area contributed by atoms with Crippen LogP contribution in [0.3, 0.4) is 0 Å². The van der Waals surface area contributed by atoms with Gasteiger partial charge in [0.1, 0.15) is 12.9 Å². The number of carboxylic acid groups (broad SMARTS) is 1. The summed E-state index contributed by atoms with van der Waals surface area (Å²) in [6, 6.07) is 7.91. The second-order valence-corrected chi connectivity index (χ2v) is 3.55. The Morgan fingerprint density at radius 2 is 2.00 bits per heavy atom. The van der Waals surface area contributed by atoms with Crippen LogP contribution in [0.2, 0.25) is 0 Å². The third-order valence-electron chi connectivity index (χ3n) is 2.07. The average Bonchev–Trinajstić information content (AvgIpc) is 2.36. The number of rotatable bonds is 6. The number of carboxylic acids is 1. The van der Waals surface area contributed by atoms with E-state index in [-0.39, 0.29) is 6.61 Å². The quantitative estimate of drug-likeness (QED) is 0.734. The first-order valence-corrected chi connectivity index (χ1v) is 5.26. The van der Waals surface area contributed by atoms with Gasteiger partial charge in [-0.3, -0.25) is 4.79 Å². The van der Waals surface area contributed by atoms with Crippen molar-refractivity contribution in [1.29, 1.82) is 0 Å². The van der Waals surface area contributed by atoms with Crippen LogP contribution in [0, 0.1) is 0 Å². The molecule has 0 bridgehead atoms. The Bertz CT molecular complexity index is 418. The van der Waals surface area contributed by atoms with Crippen molar-refractivity contribution in [1.82, 2.24) is 5.32 Å². The Labute approximate surface area is 104 Å². The van der Waals surface area contributed by atoms with E-state index in [1.165, 1.54) is 0 Å². The molecular formula is C12H13NO5. The average molecular weight is 251 g/mol. The second-order valence-electron chi connectivity index (χ2n) is 3.55. The van der Waals surface area contributed by atoms with Gasteiger partial charge in [0, 0.05) is 0 Å². The molecule has 2 N–H and O–H groups in total. The lowest BCUT2D eigenvalue weighted by atomic mass is 10.2. The number of hydrogen-bond acceptors (Lipinski definition) is 4. The van der Waals surface area contributed by atoms with Crippen LogP contribution >= 0.6 is 0 Å². The number of aliphatic carboxylic acids is 1. The summed E-state index contributed by atoms with van der Waals surface area (Å²) < 4.78 is 4.84. The Kier molecular flexibility index (Phi) is 5.37. The minimum Gasteiger partial charge on any atom is -0.481 e. The van der Waals surface area contributed by atoms with Gasteiger partial charge in [-0.15, -0.1) is 0 Å². The first kappa shape index (κ1) is 13.7. The van der Waals surface area contributed by atoms with Gasteiger partial charge in [-0.2, -0.15) is 0 Å². The van der Waals surface area contributed by atoms with Crippen LogP contribution < -0.4 is 5.32 Å². The molecule has 0 saturated carbocycles. The molecule has 1 aromatic carbocycles. The van der Waals surface area contributed by atoms with Crippen LogP contribution in [0.1, 0.15) is 12.0 Å². The van der Waals surface area contributed by atoms with Crippen LogP contribution in [0.4, 0.5) is 4.79 Å². The summed E-state index contributed by atoms with van der Waals surface area (Å²) in [6.45, 7) is 0.0608. The number of alkyl carbamates (subject to hydrolysis) is 1.